The molecule has 0 amide bonds. The topological polar surface area (TPSA) is 131 Å². The number of hydrogen-bond donors (Lipinski definition) is 6. The molecular weight excluding hydrogens is 250 g/mol. The highest BCUT2D eigenvalue weighted by Gasteiger charge is 2.28. The number of anilines is 1. The van der Waals surface area contributed by atoms with Crippen molar-refractivity contribution >= 4 is 11.9 Å². The van der Waals surface area contributed by atoms with Crippen LogP contribution in [0, 0.1) is 0 Å². The van der Waals surface area contributed by atoms with Crippen LogP contribution in [0.1, 0.15) is 0 Å². The molecule has 0 heterocycles. The molecule has 0 aromatic heterocycles. The molecule has 0 saturated heterocycles. The zero-order valence-corrected chi connectivity index (χ0v) is 10.3. The largest absolute Gasteiger partial charge is 0.394 e. The number of benzene rings is 1. The van der Waals surface area contributed by atoms with Gasteiger partial charge in [0.1, 0.15) is 18.3 Å². The molecule has 0 aliphatic heterocycles. The number of aliphatic hydroxyl groups is 4. The summed E-state index contributed by atoms with van der Waals surface area (Å²) in [5.74, 6) is 0. The van der Waals surface area contributed by atoms with E-state index in [1.165, 1.54) is 6.21 Å². The molecule has 0 aliphatic carbocycles. The Bertz CT molecular complexity index is 388. The third-order valence-corrected chi connectivity index (χ3v) is 2.54. The summed E-state index contributed by atoms with van der Waals surface area (Å²) in [5, 5.41) is 40.7. The summed E-state index contributed by atoms with van der Waals surface area (Å²) < 4.78 is 0. The quantitative estimate of drug-likeness (QED) is 0.263. The van der Waals surface area contributed by atoms with Gasteiger partial charge in [-0.1, -0.05) is 18.2 Å². The summed E-state index contributed by atoms with van der Waals surface area (Å²) in [5.41, 5.74) is 9.03. The fourth-order valence-electron chi connectivity index (χ4n) is 1.36. The van der Waals surface area contributed by atoms with Gasteiger partial charge in [-0.2, -0.15) is 5.10 Å². The van der Waals surface area contributed by atoms with Crippen LogP contribution in [0.25, 0.3) is 0 Å². The van der Waals surface area contributed by atoms with Crippen molar-refractivity contribution < 1.29 is 20.4 Å². The Morgan fingerprint density at radius 2 is 1.79 bits per heavy atom. The van der Waals surface area contributed by atoms with E-state index in [9.17, 15) is 15.3 Å². The molecule has 7 N–H and O–H groups in total. The first-order valence-corrected chi connectivity index (χ1v) is 5.81. The van der Waals surface area contributed by atoms with Crippen LogP contribution in [0.15, 0.2) is 35.4 Å². The molecule has 1 rings (SSSR count). The van der Waals surface area contributed by atoms with Gasteiger partial charge in [0.2, 0.25) is 0 Å². The smallest absolute Gasteiger partial charge is 0.110 e. The van der Waals surface area contributed by atoms with Gasteiger partial charge in [0.25, 0.3) is 0 Å². The number of hydrogen-bond acceptors (Lipinski definition) is 7. The number of nitrogens with zero attached hydrogens (tertiary/aromatic N) is 1. The van der Waals surface area contributed by atoms with Gasteiger partial charge in [-0.05, 0) is 12.1 Å². The second-order valence-corrected chi connectivity index (χ2v) is 4.06. The zero-order chi connectivity index (χ0) is 14.3. The van der Waals surface area contributed by atoms with Gasteiger partial charge in [-0.3, -0.25) is 5.43 Å². The monoisotopic (exact) mass is 269 g/mol. The van der Waals surface area contributed by atoms with Crippen LogP contribution < -0.4 is 11.2 Å². The maximum absolute atomic E-state index is 9.62. The van der Waals surface area contributed by atoms with E-state index in [1.54, 1.807) is 12.1 Å². The van der Waals surface area contributed by atoms with Gasteiger partial charge in [-0.25, -0.2) is 0 Å². The average Bonchev–Trinajstić information content (AvgIpc) is 2.45. The molecule has 0 bridgehead atoms. The van der Waals surface area contributed by atoms with Crippen molar-refractivity contribution in [3.8, 4) is 0 Å². The Labute approximate surface area is 111 Å². The van der Waals surface area contributed by atoms with Gasteiger partial charge in [-0.15, -0.1) is 0 Å². The fraction of sp³-hybridized carbons (Fsp3) is 0.417. The highest BCUT2D eigenvalue weighted by atomic mass is 16.4. The van der Waals surface area contributed by atoms with Crippen LogP contribution in [0.3, 0.4) is 0 Å². The van der Waals surface area contributed by atoms with Crippen LogP contribution >= 0.6 is 0 Å². The Morgan fingerprint density at radius 1 is 1.16 bits per heavy atom. The molecule has 7 nitrogen and oxygen atoms in total. The summed E-state index contributed by atoms with van der Waals surface area (Å²) in [6, 6.07) is 8.12. The summed E-state index contributed by atoms with van der Waals surface area (Å²) in [6.07, 6.45) is -3.20. The lowest BCUT2D eigenvalue weighted by atomic mass is 10.0. The third kappa shape index (κ3) is 4.93. The number of aliphatic hydroxyl groups excluding tert-OH is 4. The zero-order valence-electron chi connectivity index (χ0n) is 10.3. The Kier molecular flexibility index (Phi) is 6.40. The minimum absolute atomic E-state index is 0.662. The first-order valence-electron chi connectivity index (χ1n) is 5.81. The first-order chi connectivity index (χ1) is 9.06. The molecule has 1 aromatic carbocycles. The molecule has 0 radical (unpaired) electrons. The molecule has 106 valence electrons. The van der Waals surface area contributed by atoms with E-state index in [0.717, 1.165) is 5.69 Å². The summed E-state index contributed by atoms with van der Waals surface area (Å²) >= 11 is 0. The van der Waals surface area contributed by atoms with Gasteiger partial charge in [0.05, 0.1) is 18.3 Å². The first kappa shape index (κ1) is 15.5. The van der Waals surface area contributed by atoms with Crippen molar-refractivity contribution in [1.82, 2.24) is 0 Å². The molecule has 0 aliphatic rings. The standard InChI is InChI=1S/C12H19N3O4/c13-9(11(18)12(19)10(17)7-16)6-14-15-8-4-2-1-3-5-8/h1-6,9-12,15-19H,7,13H2/b14-6+/t9-,10+,11+,12+/m0/s1. The van der Waals surface area contributed by atoms with Crippen molar-refractivity contribution in [3.63, 3.8) is 0 Å². The van der Waals surface area contributed by atoms with E-state index >= 15 is 0 Å². The van der Waals surface area contributed by atoms with E-state index in [4.69, 9.17) is 10.8 Å². The van der Waals surface area contributed by atoms with Crippen LogP contribution in [-0.2, 0) is 0 Å². The predicted molar refractivity (Wildman–Crippen MR) is 71.6 cm³/mol. The van der Waals surface area contributed by atoms with Crippen LogP contribution in [0.5, 0.6) is 0 Å². The van der Waals surface area contributed by atoms with Gasteiger partial charge < -0.3 is 26.2 Å². The molecule has 1 aromatic rings. The molecule has 4 atom stereocenters. The second-order valence-electron chi connectivity index (χ2n) is 4.06. The second kappa shape index (κ2) is 7.82. The van der Waals surface area contributed by atoms with E-state index < -0.39 is 31.0 Å². The minimum atomic E-state index is -1.54. The third-order valence-electron chi connectivity index (χ3n) is 2.54. The van der Waals surface area contributed by atoms with Gasteiger partial charge in [0, 0.05) is 6.21 Å². The summed E-state index contributed by atoms with van der Waals surface area (Å²) in [6.45, 7) is -0.662. The Balaban J connectivity index is 2.47. The summed E-state index contributed by atoms with van der Waals surface area (Å²) in [4.78, 5) is 0. The highest BCUT2D eigenvalue weighted by Crippen LogP contribution is 2.05. The van der Waals surface area contributed by atoms with Crippen molar-refractivity contribution in [2.24, 2.45) is 10.8 Å². The number of nitrogens with one attached hydrogen (secondary N) is 1. The number of para-hydroxylation sites is 1. The number of nitrogens with two attached hydrogens (primary N) is 1. The van der Waals surface area contributed by atoms with Crippen LogP contribution in [-0.4, -0.2) is 57.6 Å². The van der Waals surface area contributed by atoms with Crippen LogP contribution in [0.4, 0.5) is 5.69 Å². The summed E-state index contributed by atoms with van der Waals surface area (Å²) in [7, 11) is 0. The SMILES string of the molecule is N[C@@H](/C=N/Nc1ccccc1)[C@@H](O)[C@H](O)[C@H](O)CO. The molecule has 0 fully saturated rings. The van der Waals surface area contributed by atoms with Gasteiger partial charge >= 0.3 is 0 Å². The Hall–Kier alpha value is -1.51. The predicted octanol–water partition coefficient (Wildman–Crippen LogP) is -1.51. The van der Waals surface area contributed by atoms with Crippen molar-refractivity contribution in [3.05, 3.63) is 30.3 Å². The van der Waals surface area contributed by atoms with Crippen molar-refractivity contribution in [2.45, 2.75) is 24.4 Å². The van der Waals surface area contributed by atoms with E-state index in [2.05, 4.69) is 10.5 Å². The van der Waals surface area contributed by atoms with Crippen molar-refractivity contribution in [2.75, 3.05) is 12.0 Å². The van der Waals surface area contributed by atoms with E-state index in [-0.39, 0.29) is 0 Å². The Morgan fingerprint density at radius 3 is 2.37 bits per heavy atom. The molecule has 7 heteroatoms. The van der Waals surface area contributed by atoms with E-state index in [1.807, 2.05) is 18.2 Å². The lowest BCUT2D eigenvalue weighted by molar-refractivity contribution is -0.0771. The van der Waals surface area contributed by atoms with Crippen LogP contribution in [0.2, 0.25) is 0 Å². The van der Waals surface area contributed by atoms with E-state index in [0.29, 0.717) is 0 Å². The minimum Gasteiger partial charge on any atom is -0.394 e. The number of rotatable bonds is 7. The highest BCUT2D eigenvalue weighted by molar-refractivity contribution is 5.66. The maximum Gasteiger partial charge on any atom is 0.110 e. The molecule has 0 unspecified atom stereocenters. The average molecular weight is 269 g/mol. The molecule has 0 saturated carbocycles. The molecule has 19 heavy (non-hydrogen) atoms. The molecule has 0 spiro atoms. The lowest BCUT2D eigenvalue weighted by Crippen LogP contribution is -2.50. The molecular formula is C12H19N3O4. The lowest BCUT2D eigenvalue weighted by Gasteiger charge is -2.24. The fourth-order valence-corrected chi connectivity index (χ4v) is 1.36. The van der Waals surface area contributed by atoms with Crippen molar-refractivity contribution in [1.29, 1.82) is 0 Å². The maximum atomic E-state index is 9.62. The normalized spacial score (nSPS) is 17.9. The number of hydrazone groups is 1. The van der Waals surface area contributed by atoms with Gasteiger partial charge in [0.15, 0.2) is 0 Å².